The summed E-state index contributed by atoms with van der Waals surface area (Å²) in [5, 5.41) is 10.7. The first-order chi connectivity index (χ1) is 15.7. The Balaban J connectivity index is 1.52. The Kier molecular flexibility index (Phi) is 6.51. The number of fused-ring (bicyclic) bond motifs is 1. The highest BCUT2D eigenvalue weighted by Gasteiger charge is 2.55. The van der Waals surface area contributed by atoms with Crippen LogP contribution in [0.4, 0.5) is 13.2 Å². The SMILES string of the molecule is O=C(Cn1ccc2c(Oc3cc(CNCl)ccn3)cccc21)N1CCCC(O)(C(F)(F)F)C1. The summed E-state index contributed by atoms with van der Waals surface area (Å²) in [7, 11) is 0. The summed E-state index contributed by atoms with van der Waals surface area (Å²) in [4.78, 5) is 20.6. The van der Waals surface area contributed by atoms with E-state index in [0.29, 0.717) is 23.7 Å². The number of alkyl halides is 3. The molecular weight excluding hydrogens is 461 g/mol. The maximum Gasteiger partial charge on any atom is 0.418 e. The summed E-state index contributed by atoms with van der Waals surface area (Å²) in [6, 6.07) is 10.6. The number of amides is 1. The van der Waals surface area contributed by atoms with Gasteiger partial charge in [0.2, 0.25) is 11.8 Å². The van der Waals surface area contributed by atoms with Crippen molar-refractivity contribution in [2.24, 2.45) is 0 Å². The molecule has 2 N–H and O–H groups in total. The van der Waals surface area contributed by atoms with Crippen LogP contribution in [0.5, 0.6) is 11.6 Å². The van der Waals surface area contributed by atoms with Crippen molar-refractivity contribution in [3.8, 4) is 11.6 Å². The Morgan fingerprint density at radius 2 is 2.12 bits per heavy atom. The Bertz CT molecular complexity index is 1150. The average Bonchev–Trinajstić information content (AvgIpc) is 3.17. The highest BCUT2D eigenvalue weighted by atomic mass is 35.5. The van der Waals surface area contributed by atoms with Crippen molar-refractivity contribution >= 4 is 28.6 Å². The third-order valence-electron chi connectivity index (χ3n) is 5.72. The predicted molar refractivity (Wildman–Crippen MR) is 116 cm³/mol. The lowest BCUT2D eigenvalue weighted by molar-refractivity contribution is -0.272. The van der Waals surface area contributed by atoms with Crippen LogP contribution in [0, 0.1) is 0 Å². The van der Waals surface area contributed by atoms with Gasteiger partial charge in [-0.3, -0.25) is 4.79 Å². The lowest BCUT2D eigenvalue weighted by Crippen LogP contribution is -2.58. The number of carbonyl (C=O) groups is 1. The van der Waals surface area contributed by atoms with E-state index in [0.717, 1.165) is 15.8 Å². The summed E-state index contributed by atoms with van der Waals surface area (Å²) in [5.74, 6) is 0.395. The Morgan fingerprint density at radius 1 is 1.30 bits per heavy atom. The van der Waals surface area contributed by atoms with Crippen LogP contribution in [0.15, 0.2) is 48.8 Å². The molecule has 1 aliphatic heterocycles. The number of benzene rings is 1. The minimum Gasteiger partial charge on any atom is -0.438 e. The van der Waals surface area contributed by atoms with Crippen LogP contribution in [-0.4, -0.2) is 50.3 Å². The molecule has 0 aliphatic carbocycles. The van der Waals surface area contributed by atoms with Gasteiger partial charge in [-0.2, -0.15) is 13.2 Å². The van der Waals surface area contributed by atoms with Gasteiger partial charge in [0, 0.05) is 36.9 Å². The second-order valence-corrected chi connectivity index (χ2v) is 8.26. The van der Waals surface area contributed by atoms with Crippen molar-refractivity contribution in [2.75, 3.05) is 13.1 Å². The van der Waals surface area contributed by atoms with Gasteiger partial charge in [-0.25, -0.2) is 9.82 Å². The van der Waals surface area contributed by atoms with Gasteiger partial charge in [0.15, 0.2) is 5.60 Å². The van der Waals surface area contributed by atoms with Crippen LogP contribution in [0.1, 0.15) is 18.4 Å². The number of carbonyl (C=O) groups excluding carboxylic acids is 1. The standard InChI is InChI=1S/C22H22ClF3N4O3/c23-28-12-15-5-8-27-19(11-15)33-18-4-1-3-17-16(18)6-10-29(17)13-20(31)30-9-2-7-21(32,14-30)22(24,25)26/h1,3-6,8,10-11,28,32H,2,7,9,12-14H2. The molecule has 176 valence electrons. The van der Waals surface area contributed by atoms with Crippen molar-refractivity contribution in [3.05, 3.63) is 54.4 Å². The largest absolute Gasteiger partial charge is 0.438 e. The zero-order valence-electron chi connectivity index (χ0n) is 17.5. The summed E-state index contributed by atoms with van der Waals surface area (Å²) in [6.07, 6.45) is -1.84. The molecule has 1 aromatic carbocycles. The van der Waals surface area contributed by atoms with E-state index < -0.39 is 30.7 Å². The average molecular weight is 483 g/mol. The molecule has 33 heavy (non-hydrogen) atoms. The molecule has 7 nitrogen and oxygen atoms in total. The number of aromatic nitrogens is 2. The molecule has 2 aromatic heterocycles. The molecule has 11 heteroatoms. The lowest BCUT2D eigenvalue weighted by atomic mass is 9.92. The Morgan fingerprint density at radius 3 is 2.88 bits per heavy atom. The van der Waals surface area contributed by atoms with Crippen molar-refractivity contribution < 1.29 is 27.8 Å². The van der Waals surface area contributed by atoms with Crippen molar-refractivity contribution in [1.82, 2.24) is 19.3 Å². The van der Waals surface area contributed by atoms with Crippen LogP contribution in [0.25, 0.3) is 10.9 Å². The van der Waals surface area contributed by atoms with E-state index in [4.69, 9.17) is 16.5 Å². The molecule has 3 heterocycles. The van der Waals surface area contributed by atoms with E-state index in [9.17, 15) is 23.1 Å². The topological polar surface area (TPSA) is 79.6 Å². The van der Waals surface area contributed by atoms with Gasteiger partial charge in [0.1, 0.15) is 12.3 Å². The molecule has 4 rings (SSSR count). The number of pyridine rings is 1. The number of aliphatic hydroxyl groups is 1. The van der Waals surface area contributed by atoms with Crippen molar-refractivity contribution in [1.29, 1.82) is 0 Å². The van der Waals surface area contributed by atoms with Gasteiger partial charge < -0.3 is 19.3 Å². The van der Waals surface area contributed by atoms with Crippen LogP contribution < -0.4 is 9.57 Å². The molecule has 1 aliphatic rings. The van der Waals surface area contributed by atoms with Crippen LogP contribution in [0.3, 0.4) is 0 Å². The number of hydrogen-bond donors (Lipinski definition) is 2. The van der Waals surface area contributed by atoms with Gasteiger partial charge in [-0.15, -0.1) is 0 Å². The minimum absolute atomic E-state index is 0.0808. The number of nitrogens with one attached hydrogen (secondary N) is 1. The quantitative estimate of drug-likeness (QED) is 0.519. The Labute approximate surface area is 192 Å². The molecular formula is C22H22ClF3N4O3. The third-order valence-corrected chi connectivity index (χ3v) is 5.85. The number of nitrogens with zero attached hydrogens (tertiary/aromatic N) is 3. The zero-order chi connectivity index (χ0) is 23.6. The molecule has 3 aromatic rings. The molecule has 1 fully saturated rings. The number of hydrogen-bond acceptors (Lipinski definition) is 5. The maximum absolute atomic E-state index is 13.2. The first-order valence-corrected chi connectivity index (χ1v) is 10.7. The number of likely N-dealkylation sites (tertiary alicyclic amines) is 1. The highest BCUT2D eigenvalue weighted by molar-refractivity contribution is 6.13. The van der Waals surface area contributed by atoms with Gasteiger partial charge >= 0.3 is 6.18 Å². The smallest absolute Gasteiger partial charge is 0.418 e. The number of rotatable bonds is 6. The fourth-order valence-corrected chi connectivity index (χ4v) is 4.11. The third kappa shape index (κ3) is 4.92. The molecule has 1 saturated heterocycles. The van der Waals surface area contributed by atoms with E-state index in [2.05, 4.69) is 9.82 Å². The molecule has 1 unspecified atom stereocenters. The van der Waals surface area contributed by atoms with Crippen molar-refractivity contribution in [2.45, 2.75) is 37.7 Å². The maximum atomic E-state index is 13.2. The monoisotopic (exact) mass is 482 g/mol. The van der Waals surface area contributed by atoms with E-state index in [1.54, 1.807) is 53.4 Å². The molecule has 1 atom stereocenters. The van der Waals surface area contributed by atoms with Gasteiger partial charge in [-0.1, -0.05) is 6.07 Å². The van der Waals surface area contributed by atoms with Gasteiger partial charge in [0.25, 0.3) is 0 Å². The first kappa shape index (κ1) is 23.3. The molecule has 0 spiro atoms. The molecule has 0 saturated carbocycles. The lowest BCUT2D eigenvalue weighted by Gasteiger charge is -2.40. The van der Waals surface area contributed by atoms with E-state index in [-0.39, 0.29) is 19.5 Å². The zero-order valence-corrected chi connectivity index (χ0v) is 18.2. The second-order valence-electron chi connectivity index (χ2n) is 8.00. The van der Waals surface area contributed by atoms with Crippen LogP contribution in [-0.2, 0) is 17.9 Å². The first-order valence-electron chi connectivity index (χ1n) is 10.3. The fraction of sp³-hybridized carbons (Fsp3) is 0.364. The molecule has 0 bridgehead atoms. The molecule has 0 radical (unpaired) electrons. The van der Waals surface area contributed by atoms with E-state index in [1.165, 1.54) is 0 Å². The number of piperidine rings is 1. The van der Waals surface area contributed by atoms with Crippen molar-refractivity contribution in [3.63, 3.8) is 0 Å². The van der Waals surface area contributed by atoms with E-state index >= 15 is 0 Å². The number of ether oxygens (including phenoxy) is 1. The second kappa shape index (κ2) is 9.20. The minimum atomic E-state index is -4.79. The Hall–Kier alpha value is -2.82. The van der Waals surface area contributed by atoms with Gasteiger partial charge in [-0.05, 0) is 54.4 Å². The van der Waals surface area contributed by atoms with Crippen LogP contribution in [0.2, 0.25) is 0 Å². The summed E-state index contributed by atoms with van der Waals surface area (Å²) in [6.45, 7) is -0.314. The van der Waals surface area contributed by atoms with Gasteiger partial charge in [0.05, 0.1) is 12.1 Å². The summed E-state index contributed by atoms with van der Waals surface area (Å²) >= 11 is 5.55. The summed E-state index contributed by atoms with van der Waals surface area (Å²) < 4.78 is 47.2. The summed E-state index contributed by atoms with van der Waals surface area (Å²) in [5.41, 5.74) is -1.31. The highest BCUT2D eigenvalue weighted by Crippen LogP contribution is 2.37. The normalized spacial score (nSPS) is 19.1. The number of halogens is 4. The van der Waals surface area contributed by atoms with E-state index in [1.807, 2.05) is 0 Å². The molecule has 1 amide bonds. The van der Waals surface area contributed by atoms with Crippen LogP contribution >= 0.6 is 11.8 Å². The predicted octanol–water partition coefficient (Wildman–Crippen LogP) is 3.99. The fourth-order valence-electron chi connectivity index (χ4n) is 3.95. The number of β-amino-alcohol motifs (C(OH)–C–C–N with tert-alkyl or cyclic N) is 1.